The van der Waals surface area contributed by atoms with E-state index in [1.54, 1.807) is 25.3 Å². The summed E-state index contributed by atoms with van der Waals surface area (Å²) < 4.78 is 15.5. The molecule has 0 saturated carbocycles. The monoisotopic (exact) mass is 339 g/mol. The zero-order valence-electron chi connectivity index (χ0n) is 13.7. The van der Waals surface area contributed by atoms with Gasteiger partial charge in [0.05, 0.1) is 13.4 Å². The fourth-order valence-electron chi connectivity index (χ4n) is 2.27. The van der Waals surface area contributed by atoms with Crippen LogP contribution >= 0.6 is 0 Å². The lowest BCUT2D eigenvalue weighted by molar-refractivity contribution is 0.0713. The van der Waals surface area contributed by atoms with Crippen LogP contribution in [0.5, 0.6) is 5.75 Å². The highest BCUT2D eigenvalue weighted by atomic mass is 16.5. The Hall–Kier alpha value is -3.35. The lowest BCUT2D eigenvalue weighted by atomic mass is 10.2. The molecule has 2 heterocycles. The number of hydrogen-bond acceptors (Lipinski definition) is 6. The third kappa shape index (κ3) is 3.77. The molecule has 128 valence electrons. The number of methoxy groups -OCH3 is 1. The van der Waals surface area contributed by atoms with Crippen LogP contribution in [0.3, 0.4) is 0 Å². The van der Waals surface area contributed by atoms with Gasteiger partial charge in [-0.15, -0.1) is 6.58 Å². The molecule has 0 fully saturated rings. The van der Waals surface area contributed by atoms with Gasteiger partial charge in [0.25, 0.3) is 5.91 Å². The van der Waals surface area contributed by atoms with E-state index in [1.807, 2.05) is 24.3 Å². The van der Waals surface area contributed by atoms with Crippen molar-refractivity contribution < 1.29 is 18.5 Å². The molecule has 1 aromatic carbocycles. The van der Waals surface area contributed by atoms with Gasteiger partial charge < -0.3 is 18.6 Å². The molecule has 3 rings (SSSR count). The van der Waals surface area contributed by atoms with E-state index in [-0.39, 0.29) is 18.2 Å². The zero-order valence-corrected chi connectivity index (χ0v) is 13.7. The van der Waals surface area contributed by atoms with Crippen LogP contribution < -0.4 is 4.74 Å². The van der Waals surface area contributed by atoms with Crippen LogP contribution in [0.25, 0.3) is 11.4 Å². The van der Waals surface area contributed by atoms with E-state index >= 15 is 0 Å². The highest BCUT2D eigenvalue weighted by Gasteiger charge is 2.20. The van der Waals surface area contributed by atoms with Crippen molar-refractivity contribution in [1.82, 2.24) is 15.0 Å². The molecule has 0 spiro atoms. The molecule has 0 bridgehead atoms. The van der Waals surface area contributed by atoms with Crippen molar-refractivity contribution in [3.8, 4) is 17.1 Å². The summed E-state index contributed by atoms with van der Waals surface area (Å²) in [5.74, 6) is 1.49. The van der Waals surface area contributed by atoms with Gasteiger partial charge in [-0.3, -0.25) is 4.79 Å². The number of nitrogens with zero attached hydrogens (tertiary/aromatic N) is 3. The molecule has 0 aliphatic carbocycles. The maximum absolute atomic E-state index is 12.4. The number of carbonyl (C=O) groups excluding carboxylic acids is 1. The third-order valence-electron chi connectivity index (χ3n) is 3.51. The number of rotatable bonds is 7. The lowest BCUT2D eigenvalue weighted by Gasteiger charge is -2.17. The smallest absolute Gasteiger partial charge is 0.290 e. The van der Waals surface area contributed by atoms with Gasteiger partial charge in [-0.05, 0) is 36.4 Å². The fraction of sp³-hybridized carbons (Fsp3) is 0.167. The summed E-state index contributed by atoms with van der Waals surface area (Å²) in [5.41, 5.74) is 0.795. The standard InChI is InChI=1S/C18H17N3O4/c1-3-10-21(18(22)15-5-4-11-24-15)12-16-19-17(20-25-16)13-6-8-14(23-2)9-7-13/h3-9,11H,1,10,12H2,2H3. The average molecular weight is 339 g/mol. The predicted octanol–water partition coefficient (Wildman–Crippen LogP) is 3.17. The van der Waals surface area contributed by atoms with Gasteiger partial charge in [-0.25, -0.2) is 0 Å². The number of benzene rings is 1. The van der Waals surface area contributed by atoms with Gasteiger partial charge >= 0.3 is 0 Å². The van der Waals surface area contributed by atoms with E-state index < -0.39 is 0 Å². The predicted molar refractivity (Wildman–Crippen MR) is 89.9 cm³/mol. The summed E-state index contributed by atoms with van der Waals surface area (Å²) in [6.45, 7) is 4.17. The topological polar surface area (TPSA) is 81.6 Å². The van der Waals surface area contributed by atoms with Crippen molar-refractivity contribution in [2.75, 3.05) is 13.7 Å². The fourth-order valence-corrected chi connectivity index (χ4v) is 2.27. The summed E-state index contributed by atoms with van der Waals surface area (Å²) in [6.07, 6.45) is 3.08. The number of furan rings is 1. The van der Waals surface area contributed by atoms with Gasteiger partial charge in [-0.2, -0.15) is 4.98 Å². The van der Waals surface area contributed by atoms with E-state index in [0.717, 1.165) is 11.3 Å². The number of carbonyl (C=O) groups is 1. The first-order chi connectivity index (χ1) is 12.2. The largest absolute Gasteiger partial charge is 0.497 e. The van der Waals surface area contributed by atoms with Crippen LogP contribution in [0.4, 0.5) is 0 Å². The minimum atomic E-state index is -0.269. The Morgan fingerprint density at radius 3 is 2.76 bits per heavy atom. The van der Waals surface area contributed by atoms with E-state index in [4.69, 9.17) is 13.7 Å². The molecular weight excluding hydrogens is 322 g/mol. The van der Waals surface area contributed by atoms with E-state index in [1.165, 1.54) is 11.2 Å². The van der Waals surface area contributed by atoms with Gasteiger partial charge in [0.1, 0.15) is 12.3 Å². The first kappa shape index (κ1) is 16.5. The number of ether oxygens (including phenoxy) is 1. The van der Waals surface area contributed by atoms with Gasteiger partial charge in [0, 0.05) is 12.1 Å². The molecule has 0 atom stereocenters. The zero-order chi connectivity index (χ0) is 17.6. The minimum absolute atomic E-state index is 0.161. The van der Waals surface area contributed by atoms with Crippen molar-refractivity contribution >= 4 is 5.91 Å². The summed E-state index contributed by atoms with van der Waals surface area (Å²) >= 11 is 0. The Kier molecular flexibility index (Phi) is 4.94. The van der Waals surface area contributed by atoms with Crippen LogP contribution in [0.1, 0.15) is 16.4 Å². The van der Waals surface area contributed by atoms with E-state index in [2.05, 4.69) is 16.7 Å². The van der Waals surface area contributed by atoms with Crippen molar-refractivity contribution in [3.63, 3.8) is 0 Å². The minimum Gasteiger partial charge on any atom is -0.497 e. The second kappa shape index (κ2) is 7.48. The molecule has 0 radical (unpaired) electrons. The molecule has 25 heavy (non-hydrogen) atoms. The van der Waals surface area contributed by atoms with Crippen LogP contribution in [0.2, 0.25) is 0 Å². The summed E-state index contributed by atoms with van der Waals surface area (Å²) in [5, 5.41) is 3.96. The summed E-state index contributed by atoms with van der Waals surface area (Å²) in [6, 6.07) is 10.6. The number of hydrogen-bond donors (Lipinski definition) is 0. The Morgan fingerprint density at radius 2 is 2.12 bits per heavy atom. The molecule has 0 saturated heterocycles. The number of amides is 1. The maximum Gasteiger partial charge on any atom is 0.290 e. The van der Waals surface area contributed by atoms with Crippen molar-refractivity contribution in [2.24, 2.45) is 0 Å². The molecule has 0 aliphatic heterocycles. The molecule has 7 nitrogen and oxygen atoms in total. The van der Waals surface area contributed by atoms with E-state index in [9.17, 15) is 4.79 Å². The molecular formula is C18H17N3O4. The second-order valence-electron chi connectivity index (χ2n) is 5.19. The molecule has 7 heteroatoms. The van der Waals surface area contributed by atoms with Gasteiger partial charge in [0.15, 0.2) is 5.76 Å². The number of aromatic nitrogens is 2. The quantitative estimate of drug-likeness (QED) is 0.615. The van der Waals surface area contributed by atoms with Crippen molar-refractivity contribution in [2.45, 2.75) is 6.54 Å². The highest BCUT2D eigenvalue weighted by Crippen LogP contribution is 2.20. The molecule has 1 amide bonds. The van der Waals surface area contributed by atoms with Crippen LogP contribution in [0, 0.1) is 0 Å². The maximum atomic E-state index is 12.4. The first-order valence-corrected chi connectivity index (χ1v) is 7.62. The average Bonchev–Trinajstić information content (AvgIpc) is 3.33. The Balaban J connectivity index is 1.75. The second-order valence-corrected chi connectivity index (χ2v) is 5.19. The van der Waals surface area contributed by atoms with Crippen LogP contribution in [-0.4, -0.2) is 34.6 Å². The third-order valence-corrected chi connectivity index (χ3v) is 3.51. The molecule has 0 aliphatic rings. The molecule has 2 aromatic heterocycles. The van der Waals surface area contributed by atoms with Gasteiger partial charge in [0.2, 0.25) is 11.7 Å². The lowest BCUT2D eigenvalue weighted by Crippen LogP contribution is -2.30. The van der Waals surface area contributed by atoms with Crippen molar-refractivity contribution in [3.05, 3.63) is 67.0 Å². The molecule has 0 unspecified atom stereocenters. The summed E-state index contributed by atoms with van der Waals surface area (Å²) in [4.78, 5) is 18.3. The van der Waals surface area contributed by atoms with Crippen LogP contribution in [0.15, 0.2) is 64.3 Å². The Labute approximate surface area is 144 Å². The summed E-state index contributed by atoms with van der Waals surface area (Å²) in [7, 11) is 1.60. The SMILES string of the molecule is C=CCN(Cc1nc(-c2ccc(OC)cc2)no1)C(=O)c1ccco1. The normalized spacial score (nSPS) is 10.4. The Morgan fingerprint density at radius 1 is 1.32 bits per heavy atom. The first-order valence-electron chi connectivity index (χ1n) is 7.62. The Bertz CT molecular complexity index is 838. The van der Waals surface area contributed by atoms with Crippen molar-refractivity contribution in [1.29, 1.82) is 0 Å². The van der Waals surface area contributed by atoms with E-state index in [0.29, 0.717) is 18.3 Å². The molecule has 3 aromatic rings. The van der Waals surface area contributed by atoms with Gasteiger partial charge in [-0.1, -0.05) is 11.2 Å². The van der Waals surface area contributed by atoms with Crippen LogP contribution in [-0.2, 0) is 6.54 Å². The molecule has 0 N–H and O–H groups in total. The highest BCUT2D eigenvalue weighted by molar-refractivity contribution is 5.91.